The number of rotatable bonds is 7. The second-order valence-electron chi connectivity index (χ2n) is 6.74. The van der Waals surface area contributed by atoms with E-state index in [4.69, 9.17) is 9.47 Å². The molecule has 0 amide bonds. The van der Waals surface area contributed by atoms with Crippen LogP contribution < -0.4 is 15.0 Å². The Balaban J connectivity index is 1.80. The molecule has 1 aromatic heterocycles. The molecule has 0 unspecified atom stereocenters. The van der Waals surface area contributed by atoms with Crippen molar-refractivity contribution >= 4 is 23.1 Å². The van der Waals surface area contributed by atoms with Crippen molar-refractivity contribution in [2.24, 2.45) is 5.92 Å². The van der Waals surface area contributed by atoms with Crippen LogP contribution in [0.15, 0.2) is 47.3 Å². The molecule has 0 saturated heterocycles. The molecule has 0 bridgehead atoms. The maximum atomic E-state index is 12.1. The highest BCUT2D eigenvalue weighted by Gasteiger charge is 2.06. The lowest BCUT2D eigenvalue weighted by Gasteiger charge is -2.12. The van der Waals surface area contributed by atoms with Crippen molar-refractivity contribution in [2.45, 2.75) is 20.3 Å². The largest absolute Gasteiger partial charge is 0.493 e. The second-order valence-corrected chi connectivity index (χ2v) is 6.74. The summed E-state index contributed by atoms with van der Waals surface area (Å²) in [6.45, 7) is 4.99. The van der Waals surface area contributed by atoms with E-state index in [9.17, 15) is 4.79 Å². The van der Waals surface area contributed by atoms with Crippen LogP contribution in [-0.2, 0) is 0 Å². The first-order valence-corrected chi connectivity index (χ1v) is 9.05. The monoisotopic (exact) mass is 364 g/mol. The zero-order chi connectivity index (χ0) is 19.2. The Labute approximate surface area is 158 Å². The van der Waals surface area contributed by atoms with E-state index >= 15 is 0 Å². The number of hydrogen-bond donors (Lipinski definition) is 1. The Morgan fingerprint density at radius 2 is 1.93 bits per heavy atom. The molecule has 0 radical (unpaired) electrons. The molecule has 0 fully saturated rings. The molecule has 3 aromatic rings. The van der Waals surface area contributed by atoms with Gasteiger partial charge in [0.2, 0.25) is 0 Å². The van der Waals surface area contributed by atoms with Crippen molar-refractivity contribution in [3.8, 4) is 11.5 Å². The van der Waals surface area contributed by atoms with Crippen molar-refractivity contribution in [1.29, 1.82) is 0 Å². The van der Waals surface area contributed by atoms with E-state index in [0.29, 0.717) is 35.0 Å². The summed E-state index contributed by atoms with van der Waals surface area (Å²) < 4.78 is 11.3. The van der Waals surface area contributed by atoms with Gasteiger partial charge in [-0.3, -0.25) is 4.79 Å². The van der Waals surface area contributed by atoms with Crippen LogP contribution in [0.5, 0.6) is 11.5 Å². The molecule has 5 heteroatoms. The van der Waals surface area contributed by atoms with Crippen LogP contribution in [0.2, 0.25) is 0 Å². The van der Waals surface area contributed by atoms with Gasteiger partial charge >= 0.3 is 0 Å². The first kappa shape index (κ1) is 18.7. The smallest absolute Gasteiger partial charge is 0.259 e. The van der Waals surface area contributed by atoms with Crippen molar-refractivity contribution in [3.63, 3.8) is 0 Å². The number of para-hydroxylation sites is 1. The Morgan fingerprint density at radius 3 is 2.70 bits per heavy atom. The van der Waals surface area contributed by atoms with Crippen LogP contribution in [-0.4, -0.2) is 23.7 Å². The van der Waals surface area contributed by atoms with E-state index in [0.717, 1.165) is 17.7 Å². The summed E-state index contributed by atoms with van der Waals surface area (Å²) in [6.07, 6.45) is 4.65. The van der Waals surface area contributed by atoms with Gasteiger partial charge in [-0.25, -0.2) is 4.98 Å². The molecule has 0 spiro atoms. The van der Waals surface area contributed by atoms with Gasteiger partial charge in [-0.2, -0.15) is 0 Å². The topological polar surface area (TPSA) is 64.2 Å². The Kier molecular flexibility index (Phi) is 5.91. The van der Waals surface area contributed by atoms with Crippen LogP contribution in [0.3, 0.4) is 0 Å². The van der Waals surface area contributed by atoms with Crippen molar-refractivity contribution < 1.29 is 9.47 Å². The number of H-pyrrole nitrogens is 1. The number of methoxy groups -OCH3 is 1. The molecule has 0 aliphatic heterocycles. The van der Waals surface area contributed by atoms with Crippen LogP contribution in [0.1, 0.15) is 31.7 Å². The third-order valence-corrected chi connectivity index (χ3v) is 4.21. The maximum absolute atomic E-state index is 12.1. The van der Waals surface area contributed by atoms with Gasteiger partial charge in [0.15, 0.2) is 11.5 Å². The van der Waals surface area contributed by atoms with Crippen molar-refractivity contribution in [1.82, 2.24) is 9.97 Å². The van der Waals surface area contributed by atoms with E-state index in [1.54, 1.807) is 19.3 Å². The predicted octanol–water partition coefficient (Wildman–Crippen LogP) is 4.53. The zero-order valence-electron chi connectivity index (χ0n) is 15.9. The molecule has 27 heavy (non-hydrogen) atoms. The first-order chi connectivity index (χ1) is 13.1. The average molecular weight is 364 g/mol. The Bertz CT molecular complexity index is 1010. The molecule has 1 heterocycles. The third kappa shape index (κ3) is 4.76. The number of aromatic amines is 1. The van der Waals surface area contributed by atoms with Gasteiger partial charge in [-0.15, -0.1) is 0 Å². The number of benzene rings is 2. The number of nitrogens with zero attached hydrogens (tertiary/aromatic N) is 1. The van der Waals surface area contributed by atoms with E-state index in [2.05, 4.69) is 23.8 Å². The van der Waals surface area contributed by atoms with E-state index < -0.39 is 0 Å². The molecule has 0 saturated carbocycles. The van der Waals surface area contributed by atoms with Gasteiger partial charge in [0.25, 0.3) is 5.56 Å². The summed E-state index contributed by atoms with van der Waals surface area (Å²) in [6, 6.07) is 13.0. The summed E-state index contributed by atoms with van der Waals surface area (Å²) in [5.41, 5.74) is 1.46. The maximum Gasteiger partial charge on any atom is 0.259 e. The molecule has 0 aliphatic carbocycles. The fraction of sp³-hybridized carbons (Fsp3) is 0.273. The lowest BCUT2D eigenvalue weighted by atomic mass is 10.1. The standard InChI is InChI=1S/C22H24N2O3/c1-15(2)12-13-27-19-10-8-16(14-20(19)26-3)9-11-21-23-18-7-5-4-6-17(18)22(25)24-21/h4-11,14-15H,12-13H2,1-3H3,(H,23,24,25)/b11-9+. The molecule has 5 nitrogen and oxygen atoms in total. The lowest BCUT2D eigenvalue weighted by Crippen LogP contribution is -2.09. The van der Waals surface area contributed by atoms with Crippen LogP contribution in [0, 0.1) is 5.92 Å². The fourth-order valence-electron chi connectivity index (χ4n) is 2.67. The quantitative estimate of drug-likeness (QED) is 0.669. The van der Waals surface area contributed by atoms with Gasteiger partial charge in [-0.05, 0) is 48.2 Å². The van der Waals surface area contributed by atoms with E-state index in [1.807, 2.05) is 42.5 Å². The molecular formula is C22H24N2O3. The molecule has 0 aliphatic rings. The fourth-order valence-corrected chi connectivity index (χ4v) is 2.67. The summed E-state index contributed by atoms with van der Waals surface area (Å²) in [5.74, 6) is 2.51. The zero-order valence-corrected chi connectivity index (χ0v) is 15.9. The first-order valence-electron chi connectivity index (χ1n) is 9.05. The lowest BCUT2D eigenvalue weighted by molar-refractivity contribution is 0.273. The summed E-state index contributed by atoms with van der Waals surface area (Å²) in [5, 5.41) is 0.583. The molecular weight excluding hydrogens is 340 g/mol. The molecule has 3 rings (SSSR count). The number of aromatic nitrogens is 2. The summed E-state index contributed by atoms with van der Waals surface area (Å²) >= 11 is 0. The van der Waals surface area contributed by atoms with Gasteiger partial charge in [0.1, 0.15) is 5.82 Å². The van der Waals surface area contributed by atoms with E-state index in [-0.39, 0.29) is 5.56 Å². The number of fused-ring (bicyclic) bond motifs is 1. The highest BCUT2D eigenvalue weighted by atomic mass is 16.5. The highest BCUT2D eigenvalue weighted by Crippen LogP contribution is 2.29. The second kappa shape index (κ2) is 8.54. The highest BCUT2D eigenvalue weighted by molar-refractivity contribution is 5.79. The SMILES string of the molecule is COc1cc(/C=C/c2nc3ccccc3c(=O)[nH]2)ccc1OCCC(C)C. The van der Waals surface area contributed by atoms with Crippen LogP contribution in [0.25, 0.3) is 23.1 Å². The van der Waals surface area contributed by atoms with Crippen molar-refractivity contribution in [2.75, 3.05) is 13.7 Å². The number of hydrogen-bond acceptors (Lipinski definition) is 4. The third-order valence-electron chi connectivity index (χ3n) is 4.21. The number of ether oxygens (including phenoxy) is 2. The molecule has 1 N–H and O–H groups in total. The summed E-state index contributed by atoms with van der Waals surface area (Å²) in [7, 11) is 1.63. The Hall–Kier alpha value is -3.08. The van der Waals surface area contributed by atoms with Crippen LogP contribution >= 0.6 is 0 Å². The van der Waals surface area contributed by atoms with Crippen molar-refractivity contribution in [3.05, 3.63) is 64.2 Å². The van der Waals surface area contributed by atoms with Gasteiger partial charge in [0, 0.05) is 0 Å². The van der Waals surface area contributed by atoms with E-state index in [1.165, 1.54) is 0 Å². The molecule has 2 aromatic carbocycles. The summed E-state index contributed by atoms with van der Waals surface area (Å²) in [4.78, 5) is 19.4. The normalized spacial score (nSPS) is 11.4. The van der Waals surface area contributed by atoms with Crippen LogP contribution in [0.4, 0.5) is 0 Å². The van der Waals surface area contributed by atoms with Gasteiger partial charge in [-0.1, -0.05) is 38.1 Å². The molecule has 140 valence electrons. The average Bonchev–Trinajstić information content (AvgIpc) is 2.67. The molecule has 0 atom stereocenters. The minimum absolute atomic E-state index is 0.147. The predicted molar refractivity (Wildman–Crippen MR) is 109 cm³/mol. The number of nitrogens with one attached hydrogen (secondary N) is 1. The van der Waals surface area contributed by atoms with Gasteiger partial charge in [0.05, 0.1) is 24.6 Å². The Morgan fingerprint density at radius 1 is 1.11 bits per heavy atom. The minimum Gasteiger partial charge on any atom is -0.493 e. The minimum atomic E-state index is -0.147. The van der Waals surface area contributed by atoms with Gasteiger partial charge < -0.3 is 14.5 Å².